The van der Waals surface area contributed by atoms with E-state index in [4.69, 9.17) is 5.11 Å². The van der Waals surface area contributed by atoms with Crippen molar-refractivity contribution in [3.63, 3.8) is 0 Å². The number of hydrogen-bond donors (Lipinski definition) is 1. The molecular weight excluding hydrogens is 226 g/mol. The third kappa shape index (κ3) is 1.39. The maximum Gasteiger partial charge on any atom is 0.329 e. The molecule has 4 nitrogen and oxygen atoms in total. The minimum atomic E-state index is -1.43. The zero-order chi connectivity index (χ0) is 11.9. The van der Waals surface area contributed by atoms with Crippen molar-refractivity contribution in [2.45, 2.75) is 16.6 Å². The number of nitrogens with zero attached hydrogens (tertiary/aromatic N) is 1. The molecule has 1 atom stereocenters. The van der Waals surface area contributed by atoms with Crippen LogP contribution in [0, 0.1) is 0 Å². The van der Waals surface area contributed by atoms with Crippen LogP contribution in [0.4, 0.5) is 5.69 Å². The molecule has 0 spiro atoms. The van der Waals surface area contributed by atoms with Gasteiger partial charge in [-0.05, 0) is 19.1 Å². The summed E-state index contributed by atoms with van der Waals surface area (Å²) in [5.41, 5.74) is 0.760. The number of para-hydroxylation sites is 1. The van der Waals surface area contributed by atoms with Crippen LogP contribution in [-0.4, -0.2) is 28.8 Å². The van der Waals surface area contributed by atoms with E-state index >= 15 is 0 Å². The summed E-state index contributed by atoms with van der Waals surface area (Å²) in [7, 11) is 1.60. The van der Waals surface area contributed by atoms with Crippen molar-refractivity contribution in [2.75, 3.05) is 11.9 Å². The molecule has 1 aliphatic rings. The van der Waals surface area contributed by atoms with Crippen LogP contribution in [0.5, 0.6) is 0 Å². The summed E-state index contributed by atoms with van der Waals surface area (Å²) >= 11 is 1.09. The van der Waals surface area contributed by atoms with E-state index < -0.39 is 16.6 Å². The van der Waals surface area contributed by atoms with Gasteiger partial charge in [-0.2, -0.15) is 0 Å². The van der Waals surface area contributed by atoms with Crippen LogP contribution >= 0.6 is 11.8 Å². The zero-order valence-electron chi connectivity index (χ0n) is 8.93. The van der Waals surface area contributed by atoms with E-state index in [0.29, 0.717) is 0 Å². The normalized spacial score (nSPS) is 24.1. The van der Waals surface area contributed by atoms with Gasteiger partial charge in [0.1, 0.15) is 0 Å². The van der Waals surface area contributed by atoms with Crippen molar-refractivity contribution < 1.29 is 14.7 Å². The smallest absolute Gasteiger partial charge is 0.329 e. The zero-order valence-corrected chi connectivity index (χ0v) is 9.75. The monoisotopic (exact) mass is 237 g/mol. The second kappa shape index (κ2) is 3.52. The number of thioether (sulfide) groups is 1. The molecule has 0 aliphatic carbocycles. The van der Waals surface area contributed by atoms with Crippen LogP contribution in [0.25, 0.3) is 0 Å². The maximum absolute atomic E-state index is 12.0. The molecule has 0 fully saturated rings. The SMILES string of the molecule is CN1C(=O)[C@](C)(C(=O)O)Sc2ccccc21. The van der Waals surface area contributed by atoms with Gasteiger partial charge in [0.15, 0.2) is 4.75 Å². The number of fused-ring (bicyclic) bond motifs is 1. The summed E-state index contributed by atoms with van der Waals surface area (Å²) in [5.74, 6) is -1.51. The summed E-state index contributed by atoms with van der Waals surface area (Å²) in [6, 6.07) is 7.29. The quantitative estimate of drug-likeness (QED) is 0.754. The highest BCUT2D eigenvalue weighted by molar-refractivity contribution is 8.02. The largest absolute Gasteiger partial charge is 0.480 e. The molecule has 0 unspecified atom stereocenters. The van der Waals surface area contributed by atoms with Crippen molar-refractivity contribution in [3.05, 3.63) is 24.3 Å². The number of amides is 1. The fourth-order valence-corrected chi connectivity index (χ4v) is 2.86. The van der Waals surface area contributed by atoms with Crippen LogP contribution in [0.15, 0.2) is 29.2 Å². The summed E-state index contributed by atoms with van der Waals surface area (Å²) < 4.78 is -1.43. The van der Waals surface area contributed by atoms with Crippen LogP contribution in [0.1, 0.15) is 6.92 Å². The summed E-state index contributed by atoms with van der Waals surface area (Å²) in [5, 5.41) is 9.14. The van der Waals surface area contributed by atoms with Gasteiger partial charge in [-0.25, -0.2) is 0 Å². The van der Waals surface area contributed by atoms with Crippen molar-refractivity contribution in [2.24, 2.45) is 0 Å². The van der Waals surface area contributed by atoms with Gasteiger partial charge in [0.25, 0.3) is 5.91 Å². The number of aliphatic carboxylic acids is 1. The van der Waals surface area contributed by atoms with Crippen LogP contribution in [0.3, 0.4) is 0 Å². The highest BCUT2D eigenvalue weighted by atomic mass is 32.2. The third-order valence-corrected chi connectivity index (χ3v) is 3.98. The lowest BCUT2D eigenvalue weighted by Crippen LogP contribution is -2.51. The number of carbonyl (C=O) groups is 2. The first-order valence-corrected chi connectivity index (χ1v) is 5.58. The molecule has 0 saturated carbocycles. The molecule has 1 N–H and O–H groups in total. The van der Waals surface area contributed by atoms with E-state index in [1.165, 1.54) is 11.8 Å². The predicted molar refractivity (Wildman–Crippen MR) is 61.7 cm³/mol. The summed E-state index contributed by atoms with van der Waals surface area (Å²) in [4.78, 5) is 25.4. The van der Waals surface area contributed by atoms with Gasteiger partial charge in [-0.1, -0.05) is 23.9 Å². The first kappa shape index (κ1) is 11.0. The van der Waals surface area contributed by atoms with E-state index in [1.807, 2.05) is 24.3 Å². The Morgan fingerprint density at radius 2 is 2.06 bits per heavy atom. The number of carboxylic acids is 1. The topological polar surface area (TPSA) is 57.6 Å². The Kier molecular flexibility index (Phi) is 2.42. The number of carbonyl (C=O) groups excluding carboxylic acids is 1. The average molecular weight is 237 g/mol. The molecule has 5 heteroatoms. The molecule has 16 heavy (non-hydrogen) atoms. The van der Waals surface area contributed by atoms with Gasteiger partial charge in [0, 0.05) is 11.9 Å². The van der Waals surface area contributed by atoms with E-state index in [9.17, 15) is 9.59 Å². The van der Waals surface area contributed by atoms with Crippen molar-refractivity contribution in [1.29, 1.82) is 0 Å². The van der Waals surface area contributed by atoms with Gasteiger partial charge in [-0.3, -0.25) is 9.59 Å². The Bertz CT molecular complexity index is 474. The molecule has 1 aliphatic heterocycles. The molecule has 0 aromatic heterocycles. The van der Waals surface area contributed by atoms with Crippen molar-refractivity contribution >= 4 is 29.3 Å². The van der Waals surface area contributed by atoms with Gasteiger partial charge >= 0.3 is 5.97 Å². The Balaban J connectivity index is 2.55. The van der Waals surface area contributed by atoms with Crippen molar-refractivity contribution in [3.8, 4) is 0 Å². The molecule has 1 aromatic rings. The van der Waals surface area contributed by atoms with Gasteiger partial charge < -0.3 is 10.0 Å². The Morgan fingerprint density at radius 3 is 2.69 bits per heavy atom. The third-order valence-electron chi connectivity index (χ3n) is 2.66. The first-order chi connectivity index (χ1) is 7.47. The van der Waals surface area contributed by atoms with Gasteiger partial charge in [0.2, 0.25) is 0 Å². The molecule has 0 saturated heterocycles. The van der Waals surface area contributed by atoms with Crippen LogP contribution in [-0.2, 0) is 9.59 Å². The minimum absolute atomic E-state index is 0.399. The van der Waals surface area contributed by atoms with Gasteiger partial charge in [-0.15, -0.1) is 0 Å². The lowest BCUT2D eigenvalue weighted by atomic mass is 10.1. The minimum Gasteiger partial charge on any atom is -0.480 e. The summed E-state index contributed by atoms with van der Waals surface area (Å²) in [6.45, 7) is 1.44. The molecule has 2 rings (SSSR count). The molecule has 1 heterocycles. The molecule has 0 bridgehead atoms. The molecule has 1 aromatic carbocycles. The van der Waals surface area contributed by atoms with Crippen LogP contribution < -0.4 is 4.90 Å². The molecular formula is C11H11NO3S. The van der Waals surface area contributed by atoms with E-state index in [-0.39, 0.29) is 0 Å². The van der Waals surface area contributed by atoms with Crippen LogP contribution in [0.2, 0.25) is 0 Å². The first-order valence-electron chi connectivity index (χ1n) is 4.76. The van der Waals surface area contributed by atoms with E-state index in [0.717, 1.165) is 22.3 Å². The highest BCUT2D eigenvalue weighted by Crippen LogP contribution is 2.44. The Hall–Kier alpha value is -1.49. The standard InChI is InChI=1S/C11H11NO3S/c1-11(10(14)15)9(13)12(2)7-5-3-4-6-8(7)16-11/h3-6H,1-2H3,(H,14,15)/t11-/m1/s1. The van der Waals surface area contributed by atoms with Crippen molar-refractivity contribution in [1.82, 2.24) is 0 Å². The molecule has 0 radical (unpaired) electrons. The van der Waals surface area contributed by atoms with Gasteiger partial charge in [0.05, 0.1) is 5.69 Å². The Morgan fingerprint density at radius 1 is 1.44 bits per heavy atom. The number of carboxylic acid groups (broad SMARTS) is 1. The number of hydrogen-bond acceptors (Lipinski definition) is 3. The van der Waals surface area contributed by atoms with E-state index in [2.05, 4.69) is 0 Å². The lowest BCUT2D eigenvalue weighted by Gasteiger charge is -2.35. The average Bonchev–Trinajstić information content (AvgIpc) is 2.26. The maximum atomic E-state index is 12.0. The number of benzene rings is 1. The highest BCUT2D eigenvalue weighted by Gasteiger charge is 2.48. The summed E-state index contributed by atoms with van der Waals surface area (Å²) in [6.07, 6.45) is 0. The fraction of sp³-hybridized carbons (Fsp3) is 0.273. The number of anilines is 1. The number of rotatable bonds is 1. The fourth-order valence-electron chi connectivity index (χ4n) is 1.65. The second-order valence-electron chi connectivity index (χ2n) is 3.77. The van der Waals surface area contributed by atoms with E-state index in [1.54, 1.807) is 7.05 Å². The molecule has 84 valence electrons. The Labute approximate surface area is 97.3 Å². The molecule has 1 amide bonds. The lowest BCUT2D eigenvalue weighted by molar-refractivity contribution is -0.143. The second-order valence-corrected chi connectivity index (χ2v) is 5.23. The predicted octanol–water partition coefficient (Wildman–Crippen LogP) is 1.60.